The number of fused-ring (bicyclic) bond motifs is 2. The normalized spacial score (nSPS) is 11.8. The van der Waals surface area contributed by atoms with Gasteiger partial charge in [0.2, 0.25) is 0 Å². The molecule has 0 saturated heterocycles. The molecule has 8 heteroatoms. The molecule has 0 bridgehead atoms. The Hall–Kier alpha value is -2.93. The summed E-state index contributed by atoms with van der Waals surface area (Å²) in [6.45, 7) is 2.68. The number of halogens is 3. The van der Waals surface area contributed by atoms with Gasteiger partial charge in [0.15, 0.2) is 0 Å². The molecule has 5 aromatic rings. The Morgan fingerprint density at radius 1 is 1.03 bits per heavy atom. The van der Waals surface area contributed by atoms with E-state index in [9.17, 15) is 4.79 Å². The molecule has 0 aliphatic heterocycles. The van der Waals surface area contributed by atoms with Crippen LogP contribution >= 0.6 is 39.1 Å². The summed E-state index contributed by atoms with van der Waals surface area (Å²) >= 11 is 15.8. The van der Waals surface area contributed by atoms with Crippen LogP contribution in [-0.4, -0.2) is 20.4 Å². The molecule has 0 aliphatic rings. The molecule has 35 heavy (non-hydrogen) atoms. The van der Waals surface area contributed by atoms with E-state index in [1.54, 1.807) is 18.3 Å². The van der Waals surface area contributed by atoms with E-state index >= 15 is 0 Å². The molecule has 0 saturated carbocycles. The molecule has 0 unspecified atom stereocenters. The molecule has 0 fully saturated rings. The summed E-state index contributed by atoms with van der Waals surface area (Å²) in [5, 5.41) is 7.25. The van der Waals surface area contributed by atoms with Gasteiger partial charge in [0.25, 0.3) is 5.56 Å². The van der Waals surface area contributed by atoms with E-state index in [4.69, 9.17) is 28.2 Å². The van der Waals surface area contributed by atoms with E-state index in [1.165, 1.54) is 4.68 Å². The van der Waals surface area contributed by atoms with Crippen molar-refractivity contribution in [2.24, 2.45) is 5.10 Å². The Bertz CT molecular complexity index is 1660. The summed E-state index contributed by atoms with van der Waals surface area (Å²) in [4.78, 5) is 18.0. The molecule has 0 atom stereocenters. The highest BCUT2D eigenvalue weighted by Crippen LogP contribution is 2.25. The Morgan fingerprint density at radius 3 is 2.66 bits per heavy atom. The molecule has 0 radical (unpaired) electrons. The van der Waals surface area contributed by atoms with Crippen LogP contribution in [0.5, 0.6) is 0 Å². The van der Waals surface area contributed by atoms with Crippen LogP contribution in [0.3, 0.4) is 0 Å². The molecule has 5 rings (SSSR count). The number of para-hydroxylation sites is 1. The van der Waals surface area contributed by atoms with E-state index in [0.717, 1.165) is 32.9 Å². The summed E-state index contributed by atoms with van der Waals surface area (Å²) in [5.41, 5.74) is 3.49. The lowest BCUT2D eigenvalue weighted by atomic mass is 10.2. The van der Waals surface area contributed by atoms with Gasteiger partial charge in [0.1, 0.15) is 5.82 Å². The first-order valence-corrected chi connectivity index (χ1v) is 12.8. The quantitative estimate of drug-likeness (QED) is 0.202. The predicted octanol–water partition coefficient (Wildman–Crippen LogP) is 7.30. The van der Waals surface area contributed by atoms with Gasteiger partial charge in [-0.25, -0.2) is 4.98 Å². The zero-order valence-corrected chi connectivity index (χ0v) is 22.0. The lowest BCUT2D eigenvalue weighted by Gasteiger charge is -2.08. The van der Waals surface area contributed by atoms with Crippen LogP contribution in [0.1, 0.15) is 30.3 Å². The zero-order valence-electron chi connectivity index (χ0n) is 18.9. The highest BCUT2D eigenvalue weighted by molar-refractivity contribution is 9.10. The Kier molecular flexibility index (Phi) is 6.78. The van der Waals surface area contributed by atoms with Crippen molar-refractivity contribution < 1.29 is 0 Å². The highest BCUT2D eigenvalue weighted by Gasteiger charge is 2.12. The third-order valence-electron chi connectivity index (χ3n) is 5.82. The molecule has 3 aromatic carbocycles. The smallest absolute Gasteiger partial charge is 0.282 e. The van der Waals surface area contributed by atoms with E-state index in [1.807, 2.05) is 48.7 Å². The average molecular weight is 568 g/mol. The maximum absolute atomic E-state index is 13.3. The first kappa shape index (κ1) is 23.8. The molecule has 2 aromatic heterocycles. The maximum atomic E-state index is 13.3. The zero-order chi connectivity index (χ0) is 24.5. The van der Waals surface area contributed by atoms with Crippen molar-refractivity contribution in [3.63, 3.8) is 0 Å². The minimum absolute atomic E-state index is 0.185. The Morgan fingerprint density at radius 2 is 1.86 bits per heavy atom. The summed E-state index contributed by atoms with van der Waals surface area (Å²) in [6.07, 6.45) is 5.27. The summed E-state index contributed by atoms with van der Waals surface area (Å²) in [7, 11) is 0. The number of aryl methyl sites for hydroxylation is 1. The molecule has 5 nitrogen and oxygen atoms in total. The van der Waals surface area contributed by atoms with Crippen molar-refractivity contribution >= 4 is 67.2 Å². The highest BCUT2D eigenvalue weighted by atomic mass is 79.9. The number of rotatable bonds is 6. The summed E-state index contributed by atoms with van der Waals surface area (Å²) in [5.74, 6) is 0.642. The average Bonchev–Trinajstić information content (AvgIpc) is 3.19. The van der Waals surface area contributed by atoms with Crippen LogP contribution in [0.2, 0.25) is 10.0 Å². The molecule has 0 N–H and O–H groups in total. The summed E-state index contributed by atoms with van der Waals surface area (Å²) in [6, 6.07) is 19.3. The number of benzene rings is 3. The first-order chi connectivity index (χ1) is 16.9. The largest absolute Gasteiger partial charge is 0.342 e. The lowest BCUT2D eigenvalue weighted by molar-refractivity contribution is 0.704. The van der Waals surface area contributed by atoms with Gasteiger partial charge in [0, 0.05) is 40.1 Å². The van der Waals surface area contributed by atoms with Crippen molar-refractivity contribution in [2.45, 2.75) is 26.3 Å². The fourth-order valence-corrected chi connectivity index (χ4v) is 4.84. The van der Waals surface area contributed by atoms with Gasteiger partial charge in [-0.3, -0.25) is 4.79 Å². The van der Waals surface area contributed by atoms with Gasteiger partial charge in [0.05, 0.1) is 27.2 Å². The molecule has 176 valence electrons. The van der Waals surface area contributed by atoms with Gasteiger partial charge in [-0.05, 0) is 48.4 Å². The second-order valence-electron chi connectivity index (χ2n) is 8.28. The molecule has 0 aliphatic carbocycles. The van der Waals surface area contributed by atoms with Gasteiger partial charge in [-0.15, -0.1) is 0 Å². The van der Waals surface area contributed by atoms with Crippen molar-refractivity contribution in [1.29, 1.82) is 0 Å². The fraction of sp³-hybridized carbons (Fsp3) is 0.148. The van der Waals surface area contributed by atoms with Crippen LogP contribution in [-0.2, 0) is 13.0 Å². The third kappa shape index (κ3) is 4.79. The lowest BCUT2D eigenvalue weighted by Crippen LogP contribution is -2.22. The topological polar surface area (TPSA) is 52.2 Å². The van der Waals surface area contributed by atoms with Crippen LogP contribution in [0.4, 0.5) is 0 Å². The number of hydrogen-bond acceptors (Lipinski definition) is 3. The Labute approximate surface area is 220 Å². The third-order valence-corrected chi connectivity index (χ3v) is 7.05. The van der Waals surface area contributed by atoms with Gasteiger partial charge in [-0.2, -0.15) is 9.78 Å². The van der Waals surface area contributed by atoms with Gasteiger partial charge >= 0.3 is 0 Å². The second kappa shape index (κ2) is 9.97. The number of nitrogens with zero attached hydrogens (tertiary/aromatic N) is 4. The monoisotopic (exact) mass is 566 g/mol. The Balaban J connectivity index is 1.59. The molecule has 0 amide bonds. The van der Waals surface area contributed by atoms with Crippen LogP contribution < -0.4 is 5.56 Å². The molecule has 2 heterocycles. The SMILES string of the molecule is CCCc1nc2ccc(Br)cc2c(=O)n1N=Cc1cn(Cc2ccc(Cl)c(Cl)c2)c2ccccc12. The van der Waals surface area contributed by atoms with Crippen molar-refractivity contribution in [1.82, 2.24) is 14.2 Å². The van der Waals surface area contributed by atoms with Crippen molar-refractivity contribution in [2.75, 3.05) is 0 Å². The minimum atomic E-state index is -0.185. The van der Waals surface area contributed by atoms with E-state index < -0.39 is 0 Å². The van der Waals surface area contributed by atoms with Crippen LogP contribution in [0, 0.1) is 0 Å². The van der Waals surface area contributed by atoms with Gasteiger partial charge < -0.3 is 4.57 Å². The maximum Gasteiger partial charge on any atom is 0.282 e. The minimum Gasteiger partial charge on any atom is -0.342 e. The summed E-state index contributed by atoms with van der Waals surface area (Å²) < 4.78 is 4.39. The van der Waals surface area contributed by atoms with E-state index in [0.29, 0.717) is 39.7 Å². The van der Waals surface area contributed by atoms with Gasteiger partial charge in [-0.1, -0.05) is 70.3 Å². The van der Waals surface area contributed by atoms with Crippen LogP contribution in [0.15, 0.2) is 81.2 Å². The molecule has 0 spiro atoms. The van der Waals surface area contributed by atoms with Crippen LogP contribution in [0.25, 0.3) is 21.8 Å². The fourth-order valence-electron chi connectivity index (χ4n) is 4.16. The standard InChI is InChI=1S/C27H21BrCl2N4O/c1-2-5-26-32-24-11-9-19(28)13-21(24)27(35)34(26)31-14-18-16-33(25-7-4-3-6-20(18)25)15-17-8-10-22(29)23(30)12-17/h3-4,6-14,16H,2,5,15H2,1H3. The van der Waals surface area contributed by atoms with Crippen molar-refractivity contribution in [3.8, 4) is 0 Å². The van der Waals surface area contributed by atoms with E-state index in [2.05, 4.69) is 38.6 Å². The predicted molar refractivity (Wildman–Crippen MR) is 148 cm³/mol. The number of aromatic nitrogens is 3. The second-order valence-corrected chi connectivity index (χ2v) is 10.0. The molecular weight excluding hydrogens is 547 g/mol. The van der Waals surface area contributed by atoms with Crippen molar-refractivity contribution in [3.05, 3.63) is 109 Å². The first-order valence-electron chi connectivity index (χ1n) is 11.2. The molecular formula is C27H21BrCl2N4O. The number of hydrogen-bond donors (Lipinski definition) is 0. The van der Waals surface area contributed by atoms with E-state index in [-0.39, 0.29) is 5.56 Å².